The van der Waals surface area contributed by atoms with E-state index in [1.54, 1.807) is 9.80 Å². The van der Waals surface area contributed by atoms with E-state index in [4.69, 9.17) is 11.2 Å². The number of carbonyl (C=O) groups excluding carboxylic acids is 2. The zero-order valence-corrected chi connectivity index (χ0v) is 10.5. The molecule has 5 nitrogen and oxygen atoms in total. The first-order valence-electron chi connectivity index (χ1n) is 5.57. The largest absolute Gasteiger partial charge is 0.444 e. The molecule has 1 aliphatic heterocycles. The van der Waals surface area contributed by atoms with E-state index in [0.29, 0.717) is 26.2 Å². The minimum Gasteiger partial charge on any atom is -0.444 e. The van der Waals surface area contributed by atoms with Gasteiger partial charge in [-0.3, -0.25) is 4.79 Å². The molecule has 5 heteroatoms. The molecule has 0 spiro atoms. The number of nitrogens with zero attached hydrogens (tertiary/aromatic N) is 2. The van der Waals surface area contributed by atoms with Crippen LogP contribution in [0.5, 0.6) is 0 Å². The molecule has 17 heavy (non-hydrogen) atoms. The van der Waals surface area contributed by atoms with Crippen molar-refractivity contribution in [3.8, 4) is 12.3 Å². The van der Waals surface area contributed by atoms with Crippen LogP contribution in [0.1, 0.15) is 20.8 Å². The summed E-state index contributed by atoms with van der Waals surface area (Å²) in [4.78, 5) is 26.1. The van der Waals surface area contributed by atoms with E-state index in [9.17, 15) is 9.59 Å². The summed E-state index contributed by atoms with van der Waals surface area (Å²) >= 11 is 0. The zero-order valence-electron chi connectivity index (χ0n) is 10.5. The topological polar surface area (TPSA) is 49.9 Å². The fraction of sp³-hybridized carbons (Fsp3) is 0.667. The summed E-state index contributed by atoms with van der Waals surface area (Å²) < 4.78 is 5.24. The van der Waals surface area contributed by atoms with Gasteiger partial charge in [0.25, 0.3) is 5.91 Å². The highest BCUT2D eigenvalue weighted by molar-refractivity contribution is 5.93. The van der Waals surface area contributed by atoms with Gasteiger partial charge in [-0.05, 0) is 26.7 Å². The van der Waals surface area contributed by atoms with Crippen molar-refractivity contribution in [3.05, 3.63) is 0 Å². The second kappa shape index (κ2) is 5.09. The lowest BCUT2D eigenvalue weighted by atomic mass is 10.2. The van der Waals surface area contributed by atoms with Crippen LogP contribution in [0.15, 0.2) is 0 Å². The van der Waals surface area contributed by atoms with Gasteiger partial charge in [-0.2, -0.15) is 0 Å². The highest BCUT2D eigenvalue weighted by Crippen LogP contribution is 2.11. The van der Waals surface area contributed by atoms with Gasteiger partial charge in [-0.1, -0.05) is 0 Å². The van der Waals surface area contributed by atoms with Gasteiger partial charge in [0, 0.05) is 26.2 Å². The van der Waals surface area contributed by atoms with E-state index >= 15 is 0 Å². The summed E-state index contributed by atoms with van der Waals surface area (Å²) in [5, 5.41) is 0. The second-order valence-electron chi connectivity index (χ2n) is 4.90. The summed E-state index contributed by atoms with van der Waals surface area (Å²) in [7, 11) is 0. The molecule has 0 atom stereocenters. The summed E-state index contributed by atoms with van der Waals surface area (Å²) in [6, 6.07) is 0. The molecule has 0 radical (unpaired) electrons. The lowest BCUT2D eigenvalue weighted by Gasteiger charge is -2.34. The normalized spacial score (nSPS) is 16.4. The number of carbonyl (C=O) groups is 2. The monoisotopic (exact) mass is 238 g/mol. The Morgan fingerprint density at radius 2 is 1.59 bits per heavy atom. The van der Waals surface area contributed by atoms with Gasteiger partial charge in [0.2, 0.25) is 0 Å². The summed E-state index contributed by atoms with van der Waals surface area (Å²) in [5.74, 6) is 1.74. The Labute approximate surface area is 102 Å². The van der Waals surface area contributed by atoms with Gasteiger partial charge >= 0.3 is 6.09 Å². The molecule has 1 saturated heterocycles. The van der Waals surface area contributed by atoms with Crippen molar-refractivity contribution in [1.29, 1.82) is 0 Å². The third-order valence-electron chi connectivity index (χ3n) is 2.34. The van der Waals surface area contributed by atoms with E-state index < -0.39 is 5.60 Å². The molecule has 0 aromatic heterocycles. The third-order valence-corrected chi connectivity index (χ3v) is 2.34. The van der Waals surface area contributed by atoms with Crippen molar-refractivity contribution in [1.82, 2.24) is 9.80 Å². The van der Waals surface area contributed by atoms with Crippen LogP contribution in [0.4, 0.5) is 4.79 Å². The molecule has 0 unspecified atom stereocenters. The fourth-order valence-corrected chi connectivity index (χ4v) is 1.51. The van der Waals surface area contributed by atoms with E-state index in [1.807, 2.05) is 20.8 Å². The van der Waals surface area contributed by atoms with Gasteiger partial charge in [-0.15, -0.1) is 6.42 Å². The molecular formula is C12H18N2O3. The lowest BCUT2D eigenvalue weighted by Crippen LogP contribution is -2.51. The van der Waals surface area contributed by atoms with Crippen LogP contribution in [0.2, 0.25) is 0 Å². The van der Waals surface area contributed by atoms with Crippen LogP contribution in [-0.4, -0.2) is 53.6 Å². The van der Waals surface area contributed by atoms with Crippen LogP contribution in [0.25, 0.3) is 0 Å². The van der Waals surface area contributed by atoms with Crippen molar-refractivity contribution in [2.24, 2.45) is 0 Å². The zero-order chi connectivity index (χ0) is 13.1. The van der Waals surface area contributed by atoms with Crippen molar-refractivity contribution in [2.45, 2.75) is 26.4 Å². The van der Waals surface area contributed by atoms with Crippen LogP contribution in [-0.2, 0) is 9.53 Å². The van der Waals surface area contributed by atoms with Gasteiger partial charge in [-0.25, -0.2) is 4.79 Å². The predicted octanol–water partition coefficient (Wildman–Crippen LogP) is 0.699. The maximum absolute atomic E-state index is 11.7. The molecule has 1 heterocycles. The van der Waals surface area contributed by atoms with Crippen molar-refractivity contribution >= 4 is 12.0 Å². The first kappa shape index (κ1) is 13.4. The molecule has 0 aliphatic carbocycles. The quantitative estimate of drug-likeness (QED) is 0.584. The Morgan fingerprint density at radius 3 is 2.00 bits per heavy atom. The lowest BCUT2D eigenvalue weighted by molar-refractivity contribution is -0.126. The Kier molecular flexibility index (Phi) is 4.00. The molecule has 1 aliphatic rings. The van der Waals surface area contributed by atoms with Gasteiger partial charge < -0.3 is 14.5 Å². The Balaban J connectivity index is 2.45. The molecular weight excluding hydrogens is 220 g/mol. The standard InChI is InChI=1S/C12H18N2O3/c1-5-10(15)13-6-8-14(9-7-13)11(16)17-12(2,3)4/h1H,6-9H2,2-4H3. The molecule has 0 bridgehead atoms. The number of terminal acetylenes is 1. The molecule has 0 N–H and O–H groups in total. The molecule has 94 valence electrons. The average molecular weight is 238 g/mol. The van der Waals surface area contributed by atoms with E-state index in [-0.39, 0.29) is 12.0 Å². The van der Waals surface area contributed by atoms with Crippen molar-refractivity contribution < 1.29 is 14.3 Å². The molecule has 2 amide bonds. The predicted molar refractivity (Wildman–Crippen MR) is 63.2 cm³/mol. The minimum absolute atomic E-state index is 0.325. The SMILES string of the molecule is C#CC(=O)N1CCN(C(=O)OC(C)(C)C)CC1. The number of rotatable bonds is 0. The molecule has 1 fully saturated rings. The van der Waals surface area contributed by atoms with Crippen LogP contribution in [0, 0.1) is 12.3 Å². The fourth-order valence-electron chi connectivity index (χ4n) is 1.51. The molecule has 0 saturated carbocycles. The van der Waals surface area contributed by atoms with Crippen molar-refractivity contribution in [3.63, 3.8) is 0 Å². The average Bonchev–Trinajstić information content (AvgIpc) is 2.26. The summed E-state index contributed by atoms with van der Waals surface area (Å²) in [5.41, 5.74) is -0.497. The van der Waals surface area contributed by atoms with Crippen LogP contribution < -0.4 is 0 Å². The number of hydrogen-bond donors (Lipinski definition) is 0. The summed E-state index contributed by atoms with van der Waals surface area (Å²) in [6.07, 6.45) is 4.69. The highest BCUT2D eigenvalue weighted by atomic mass is 16.6. The Morgan fingerprint density at radius 1 is 1.12 bits per heavy atom. The van der Waals surface area contributed by atoms with Crippen LogP contribution >= 0.6 is 0 Å². The van der Waals surface area contributed by atoms with E-state index in [1.165, 1.54) is 0 Å². The van der Waals surface area contributed by atoms with Gasteiger partial charge in [0.1, 0.15) is 5.60 Å². The maximum Gasteiger partial charge on any atom is 0.410 e. The number of piperazine rings is 1. The summed E-state index contributed by atoms with van der Waals surface area (Å²) in [6.45, 7) is 7.31. The first-order valence-corrected chi connectivity index (χ1v) is 5.57. The van der Waals surface area contributed by atoms with Crippen LogP contribution in [0.3, 0.4) is 0 Å². The van der Waals surface area contributed by atoms with Gasteiger partial charge in [0.05, 0.1) is 0 Å². The number of amides is 2. The van der Waals surface area contributed by atoms with E-state index in [0.717, 1.165) is 0 Å². The Hall–Kier alpha value is -1.70. The number of ether oxygens (including phenoxy) is 1. The van der Waals surface area contributed by atoms with Gasteiger partial charge in [0.15, 0.2) is 0 Å². The number of hydrogen-bond acceptors (Lipinski definition) is 3. The third kappa shape index (κ3) is 3.99. The highest BCUT2D eigenvalue weighted by Gasteiger charge is 2.26. The first-order chi connectivity index (χ1) is 7.83. The molecule has 1 rings (SSSR count). The smallest absolute Gasteiger partial charge is 0.410 e. The maximum atomic E-state index is 11.7. The van der Waals surface area contributed by atoms with E-state index in [2.05, 4.69) is 5.92 Å². The van der Waals surface area contributed by atoms with Crippen molar-refractivity contribution in [2.75, 3.05) is 26.2 Å². The molecule has 0 aromatic rings. The molecule has 0 aromatic carbocycles. The minimum atomic E-state index is -0.497. The second-order valence-corrected chi connectivity index (χ2v) is 4.90. The Bertz CT molecular complexity index is 344.